The first-order valence-electron chi connectivity index (χ1n) is 5.21. The molecule has 90 valence electrons. The fourth-order valence-corrected chi connectivity index (χ4v) is 1.72. The fraction of sp³-hybridized carbons (Fsp3) is 0.636. The van der Waals surface area contributed by atoms with Crippen LogP contribution in [0.2, 0.25) is 0 Å². The number of aromatic nitrogens is 1. The molecule has 0 aliphatic rings. The van der Waals surface area contributed by atoms with E-state index in [4.69, 9.17) is 5.11 Å². The van der Waals surface area contributed by atoms with Gasteiger partial charge in [-0.1, -0.05) is 13.8 Å². The van der Waals surface area contributed by atoms with Crippen LogP contribution in [0.3, 0.4) is 0 Å². The minimum atomic E-state index is -0.270. The van der Waals surface area contributed by atoms with E-state index in [1.54, 1.807) is 11.3 Å². The molecule has 0 fully saturated rings. The van der Waals surface area contributed by atoms with E-state index in [1.807, 2.05) is 26.2 Å². The van der Waals surface area contributed by atoms with Crippen LogP contribution in [-0.4, -0.2) is 29.1 Å². The molecular formula is C11H18N2O2S. The Bertz CT molecular complexity index is 361. The zero-order valence-electron chi connectivity index (χ0n) is 9.91. The summed E-state index contributed by atoms with van der Waals surface area (Å²) in [7, 11) is 0. The second kappa shape index (κ2) is 5.41. The summed E-state index contributed by atoms with van der Waals surface area (Å²) in [6.07, 6.45) is 0.311. The number of thiazole rings is 1. The van der Waals surface area contributed by atoms with Crippen LogP contribution in [0.1, 0.15) is 24.5 Å². The molecule has 1 aromatic heterocycles. The number of aliphatic hydroxyl groups excluding tert-OH is 1. The molecule has 0 aliphatic carbocycles. The van der Waals surface area contributed by atoms with Gasteiger partial charge in [-0.25, -0.2) is 4.98 Å². The first kappa shape index (κ1) is 13.1. The highest BCUT2D eigenvalue weighted by atomic mass is 32.1. The number of rotatable bonds is 5. The summed E-state index contributed by atoms with van der Waals surface area (Å²) in [5.74, 6) is -0.0492. The van der Waals surface area contributed by atoms with Crippen molar-refractivity contribution in [2.45, 2.75) is 27.2 Å². The molecule has 0 atom stereocenters. The minimum Gasteiger partial charge on any atom is -0.396 e. The number of nitrogens with one attached hydrogen (secondary N) is 1. The predicted molar refractivity (Wildman–Crippen MR) is 64.4 cm³/mol. The second-order valence-electron chi connectivity index (χ2n) is 4.63. The van der Waals surface area contributed by atoms with E-state index in [1.165, 1.54) is 0 Å². The van der Waals surface area contributed by atoms with E-state index >= 15 is 0 Å². The van der Waals surface area contributed by atoms with Crippen molar-refractivity contribution < 1.29 is 9.90 Å². The van der Waals surface area contributed by atoms with Crippen molar-refractivity contribution in [3.8, 4) is 0 Å². The zero-order valence-corrected chi connectivity index (χ0v) is 10.7. The largest absolute Gasteiger partial charge is 0.396 e. The first-order valence-corrected chi connectivity index (χ1v) is 6.09. The molecule has 0 aliphatic heterocycles. The molecule has 0 aromatic carbocycles. The van der Waals surface area contributed by atoms with Gasteiger partial charge in [0.25, 0.3) is 0 Å². The number of nitrogens with zero attached hydrogens (tertiary/aromatic N) is 1. The average Bonchev–Trinajstić information content (AvgIpc) is 2.61. The highest BCUT2D eigenvalue weighted by Crippen LogP contribution is 2.12. The van der Waals surface area contributed by atoms with E-state index in [9.17, 15) is 4.79 Å². The Balaban J connectivity index is 2.37. The van der Waals surface area contributed by atoms with Crippen molar-refractivity contribution in [2.24, 2.45) is 5.41 Å². The maximum atomic E-state index is 11.6. The molecule has 0 saturated heterocycles. The summed E-state index contributed by atoms with van der Waals surface area (Å²) in [6.45, 7) is 6.26. The van der Waals surface area contributed by atoms with Gasteiger partial charge in [-0.2, -0.15) is 0 Å². The third kappa shape index (κ3) is 4.28. The van der Waals surface area contributed by atoms with E-state index < -0.39 is 0 Å². The average molecular weight is 242 g/mol. The quantitative estimate of drug-likeness (QED) is 0.813. The SMILES string of the molecule is Cc1nc(CC(=O)NCC(C)(C)CO)cs1. The van der Waals surface area contributed by atoms with Crippen molar-refractivity contribution in [3.63, 3.8) is 0 Å². The Morgan fingerprint density at radius 3 is 2.81 bits per heavy atom. The number of hydrogen-bond donors (Lipinski definition) is 2. The van der Waals surface area contributed by atoms with Crippen molar-refractivity contribution >= 4 is 17.2 Å². The number of amides is 1. The molecule has 1 amide bonds. The smallest absolute Gasteiger partial charge is 0.226 e. The van der Waals surface area contributed by atoms with Crippen LogP contribution < -0.4 is 5.32 Å². The molecule has 0 bridgehead atoms. The van der Waals surface area contributed by atoms with Gasteiger partial charge < -0.3 is 10.4 Å². The molecule has 1 heterocycles. The van der Waals surface area contributed by atoms with E-state index in [-0.39, 0.29) is 17.9 Å². The Morgan fingerprint density at radius 2 is 2.31 bits per heavy atom. The van der Waals surface area contributed by atoms with Gasteiger partial charge in [0.2, 0.25) is 5.91 Å². The van der Waals surface area contributed by atoms with Crippen molar-refractivity contribution in [1.29, 1.82) is 0 Å². The number of aliphatic hydroxyl groups is 1. The highest BCUT2D eigenvalue weighted by molar-refractivity contribution is 7.09. The molecule has 1 aromatic rings. The molecule has 0 radical (unpaired) electrons. The summed E-state index contributed by atoms with van der Waals surface area (Å²) in [5, 5.41) is 14.7. The van der Waals surface area contributed by atoms with Crippen molar-refractivity contribution in [2.75, 3.05) is 13.2 Å². The summed E-state index contributed by atoms with van der Waals surface area (Å²) in [5.41, 5.74) is 0.537. The first-order chi connectivity index (χ1) is 7.43. The third-order valence-corrected chi connectivity index (χ3v) is 3.02. The monoisotopic (exact) mass is 242 g/mol. The lowest BCUT2D eigenvalue weighted by molar-refractivity contribution is -0.121. The molecular weight excluding hydrogens is 224 g/mol. The normalized spacial score (nSPS) is 11.5. The molecule has 5 heteroatoms. The Hall–Kier alpha value is -0.940. The zero-order chi connectivity index (χ0) is 12.2. The fourth-order valence-electron chi connectivity index (χ4n) is 1.11. The topological polar surface area (TPSA) is 62.2 Å². The maximum Gasteiger partial charge on any atom is 0.226 e. The summed E-state index contributed by atoms with van der Waals surface area (Å²) >= 11 is 1.54. The van der Waals surface area contributed by atoms with Gasteiger partial charge in [-0.15, -0.1) is 11.3 Å². The lowest BCUT2D eigenvalue weighted by atomic mass is 9.95. The molecule has 4 nitrogen and oxygen atoms in total. The molecule has 0 spiro atoms. The summed E-state index contributed by atoms with van der Waals surface area (Å²) < 4.78 is 0. The highest BCUT2D eigenvalue weighted by Gasteiger charge is 2.17. The molecule has 0 saturated carbocycles. The van der Waals surface area contributed by atoms with Crippen molar-refractivity contribution in [3.05, 3.63) is 16.1 Å². The van der Waals surface area contributed by atoms with Crippen molar-refractivity contribution in [1.82, 2.24) is 10.3 Å². The lowest BCUT2D eigenvalue weighted by Crippen LogP contribution is -2.36. The Labute approximate surface area is 99.7 Å². The maximum absolute atomic E-state index is 11.6. The lowest BCUT2D eigenvalue weighted by Gasteiger charge is -2.21. The van der Waals surface area contributed by atoms with Crippen LogP contribution in [0.4, 0.5) is 0 Å². The van der Waals surface area contributed by atoms with Crippen LogP contribution in [0.25, 0.3) is 0 Å². The number of carbonyl (C=O) groups excluding carboxylic acids is 1. The number of aryl methyl sites for hydroxylation is 1. The summed E-state index contributed by atoms with van der Waals surface area (Å²) in [6, 6.07) is 0. The molecule has 2 N–H and O–H groups in total. The predicted octanol–water partition coefficient (Wildman–Crippen LogP) is 1.13. The van der Waals surface area contributed by atoms with Gasteiger partial charge in [-0.05, 0) is 6.92 Å². The van der Waals surface area contributed by atoms with Crippen LogP contribution in [0, 0.1) is 12.3 Å². The second-order valence-corrected chi connectivity index (χ2v) is 5.70. The van der Waals surface area contributed by atoms with Gasteiger partial charge in [0, 0.05) is 23.9 Å². The minimum absolute atomic E-state index is 0.0492. The summed E-state index contributed by atoms with van der Waals surface area (Å²) in [4.78, 5) is 15.8. The van der Waals surface area contributed by atoms with Crippen LogP contribution in [0.15, 0.2) is 5.38 Å². The Kier molecular flexibility index (Phi) is 4.44. The Morgan fingerprint density at radius 1 is 1.62 bits per heavy atom. The molecule has 16 heavy (non-hydrogen) atoms. The van der Waals surface area contributed by atoms with E-state index in [2.05, 4.69) is 10.3 Å². The third-order valence-electron chi connectivity index (χ3n) is 2.20. The number of carbonyl (C=O) groups is 1. The molecule has 0 unspecified atom stereocenters. The van der Waals surface area contributed by atoms with E-state index in [0.717, 1.165) is 10.7 Å². The van der Waals surface area contributed by atoms with Gasteiger partial charge >= 0.3 is 0 Å². The van der Waals surface area contributed by atoms with Gasteiger partial charge in [0.05, 0.1) is 17.1 Å². The standard InChI is InChI=1S/C11H18N2O2S/c1-8-13-9(5-16-8)4-10(15)12-6-11(2,3)7-14/h5,14H,4,6-7H2,1-3H3,(H,12,15). The van der Waals surface area contributed by atoms with Gasteiger partial charge in [-0.3, -0.25) is 4.79 Å². The van der Waals surface area contributed by atoms with Crippen LogP contribution >= 0.6 is 11.3 Å². The van der Waals surface area contributed by atoms with Gasteiger partial charge in [0.15, 0.2) is 0 Å². The van der Waals surface area contributed by atoms with E-state index in [0.29, 0.717) is 13.0 Å². The van der Waals surface area contributed by atoms with Gasteiger partial charge in [0.1, 0.15) is 0 Å². The molecule has 1 rings (SSSR count). The number of hydrogen-bond acceptors (Lipinski definition) is 4. The van der Waals surface area contributed by atoms with Crippen LogP contribution in [0.5, 0.6) is 0 Å². The van der Waals surface area contributed by atoms with Crippen LogP contribution in [-0.2, 0) is 11.2 Å².